The van der Waals surface area contributed by atoms with Crippen LogP contribution in [0.15, 0.2) is 0 Å². The minimum Gasteiger partial charge on any atom is -0.345 e. The van der Waals surface area contributed by atoms with Crippen molar-refractivity contribution in [1.82, 2.24) is 4.90 Å². The van der Waals surface area contributed by atoms with Crippen molar-refractivity contribution in [3.63, 3.8) is 0 Å². The molecule has 0 saturated heterocycles. The molecule has 0 bridgehead atoms. The lowest BCUT2D eigenvalue weighted by atomic mass is 10.0. The van der Waals surface area contributed by atoms with Crippen molar-refractivity contribution in [3.8, 4) is 0 Å². The fourth-order valence-corrected chi connectivity index (χ4v) is 1.78. The second-order valence-electron chi connectivity index (χ2n) is 4.69. The SMILES string of the molecule is CC(CN)CN(C)C(=O)C(C)C1CC1. The molecule has 0 aromatic rings. The molecule has 1 amide bonds. The molecule has 3 nitrogen and oxygen atoms in total. The van der Waals surface area contributed by atoms with Crippen LogP contribution in [0.4, 0.5) is 0 Å². The van der Waals surface area contributed by atoms with Crippen LogP contribution in [0.3, 0.4) is 0 Å². The largest absolute Gasteiger partial charge is 0.345 e. The number of amides is 1. The highest BCUT2D eigenvalue weighted by Crippen LogP contribution is 2.37. The molecule has 14 heavy (non-hydrogen) atoms. The van der Waals surface area contributed by atoms with Gasteiger partial charge in [0.15, 0.2) is 0 Å². The number of nitrogens with zero attached hydrogens (tertiary/aromatic N) is 1. The van der Waals surface area contributed by atoms with Crippen LogP contribution >= 0.6 is 0 Å². The second-order valence-corrected chi connectivity index (χ2v) is 4.69. The Kier molecular flexibility index (Phi) is 3.93. The van der Waals surface area contributed by atoms with Gasteiger partial charge in [0.2, 0.25) is 5.91 Å². The smallest absolute Gasteiger partial charge is 0.225 e. The third-order valence-electron chi connectivity index (χ3n) is 3.08. The van der Waals surface area contributed by atoms with E-state index in [-0.39, 0.29) is 11.8 Å². The maximum absolute atomic E-state index is 11.9. The van der Waals surface area contributed by atoms with Crippen LogP contribution in [-0.4, -0.2) is 30.9 Å². The standard InChI is InChI=1S/C11H22N2O/c1-8(6-12)7-13(3)11(14)9(2)10-4-5-10/h8-10H,4-7,12H2,1-3H3. The van der Waals surface area contributed by atoms with Crippen LogP contribution in [-0.2, 0) is 4.79 Å². The van der Waals surface area contributed by atoms with E-state index in [1.54, 1.807) is 0 Å². The molecule has 1 saturated carbocycles. The number of hydrogen-bond acceptors (Lipinski definition) is 2. The highest BCUT2D eigenvalue weighted by atomic mass is 16.2. The lowest BCUT2D eigenvalue weighted by Gasteiger charge is -2.23. The Hall–Kier alpha value is -0.570. The van der Waals surface area contributed by atoms with E-state index in [2.05, 4.69) is 6.92 Å². The van der Waals surface area contributed by atoms with Crippen LogP contribution in [0.1, 0.15) is 26.7 Å². The van der Waals surface area contributed by atoms with Gasteiger partial charge in [-0.2, -0.15) is 0 Å². The van der Waals surface area contributed by atoms with Crippen molar-refractivity contribution >= 4 is 5.91 Å². The lowest BCUT2D eigenvalue weighted by molar-refractivity contribution is -0.134. The van der Waals surface area contributed by atoms with E-state index in [9.17, 15) is 4.79 Å². The fraction of sp³-hybridized carbons (Fsp3) is 0.909. The normalized spacial score (nSPS) is 20.3. The Morgan fingerprint density at radius 3 is 2.50 bits per heavy atom. The van der Waals surface area contributed by atoms with Gasteiger partial charge in [0.05, 0.1) is 0 Å². The summed E-state index contributed by atoms with van der Waals surface area (Å²) in [6, 6.07) is 0. The number of carbonyl (C=O) groups is 1. The Morgan fingerprint density at radius 1 is 1.50 bits per heavy atom. The molecule has 2 unspecified atom stereocenters. The maximum atomic E-state index is 11.9. The summed E-state index contributed by atoms with van der Waals surface area (Å²) in [5.74, 6) is 1.55. The molecule has 3 heteroatoms. The van der Waals surface area contributed by atoms with E-state index in [0.717, 1.165) is 6.54 Å². The molecule has 0 aromatic carbocycles. The van der Waals surface area contributed by atoms with E-state index in [1.165, 1.54) is 12.8 Å². The van der Waals surface area contributed by atoms with Gasteiger partial charge in [-0.1, -0.05) is 13.8 Å². The molecule has 0 spiro atoms. The minimum absolute atomic E-state index is 0.213. The molecule has 1 fully saturated rings. The molecule has 1 aliphatic rings. The van der Waals surface area contributed by atoms with Crippen LogP contribution in [0.2, 0.25) is 0 Å². The van der Waals surface area contributed by atoms with Gasteiger partial charge in [0.1, 0.15) is 0 Å². The first-order valence-electron chi connectivity index (χ1n) is 5.51. The van der Waals surface area contributed by atoms with Gasteiger partial charge in [-0.25, -0.2) is 0 Å². The molecular weight excluding hydrogens is 176 g/mol. The summed E-state index contributed by atoms with van der Waals surface area (Å²) in [5.41, 5.74) is 5.53. The zero-order valence-electron chi connectivity index (χ0n) is 9.49. The van der Waals surface area contributed by atoms with Gasteiger partial charge < -0.3 is 10.6 Å². The molecular formula is C11H22N2O. The third kappa shape index (κ3) is 2.98. The van der Waals surface area contributed by atoms with E-state index >= 15 is 0 Å². The number of nitrogens with two attached hydrogens (primary N) is 1. The molecule has 0 radical (unpaired) electrons. The predicted molar refractivity (Wildman–Crippen MR) is 57.7 cm³/mol. The molecule has 2 N–H and O–H groups in total. The topological polar surface area (TPSA) is 46.3 Å². The van der Waals surface area contributed by atoms with Crippen LogP contribution in [0.25, 0.3) is 0 Å². The Bertz CT molecular complexity index is 201. The van der Waals surface area contributed by atoms with E-state index < -0.39 is 0 Å². The summed E-state index contributed by atoms with van der Waals surface area (Å²) in [6.07, 6.45) is 2.46. The third-order valence-corrected chi connectivity index (χ3v) is 3.08. The van der Waals surface area contributed by atoms with Gasteiger partial charge in [-0.05, 0) is 31.2 Å². The molecule has 82 valence electrons. The second kappa shape index (κ2) is 4.78. The average Bonchev–Trinajstić information content (AvgIpc) is 2.98. The van der Waals surface area contributed by atoms with Crippen molar-refractivity contribution in [2.24, 2.45) is 23.5 Å². The highest BCUT2D eigenvalue weighted by molar-refractivity contribution is 5.78. The van der Waals surface area contributed by atoms with Crippen molar-refractivity contribution < 1.29 is 4.79 Å². The number of rotatable bonds is 5. The van der Waals surface area contributed by atoms with Gasteiger partial charge in [0, 0.05) is 19.5 Å². The Balaban J connectivity index is 2.34. The summed E-state index contributed by atoms with van der Waals surface area (Å²) in [4.78, 5) is 13.7. The van der Waals surface area contributed by atoms with Gasteiger partial charge in [-0.15, -0.1) is 0 Å². The minimum atomic E-state index is 0.213. The predicted octanol–water partition coefficient (Wildman–Crippen LogP) is 1.09. The van der Waals surface area contributed by atoms with Crippen LogP contribution in [0.5, 0.6) is 0 Å². The quantitative estimate of drug-likeness (QED) is 0.718. The number of hydrogen-bond donors (Lipinski definition) is 1. The van der Waals surface area contributed by atoms with E-state index in [1.807, 2.05) is 18.9 Å². The van der Waals surface area contributed by atoms with Crippen molar-refractivity contribution in [2.45, 2.75) is 26.7 Å². The van der Waals surface area contributed by atoms with Crippen molar-refractivity contribution in [3.05, 3.63) is 0 Å². The Labute approximate surface area is 86.6 Å². The Morgan fingerprint density at radius 2 is 2.07 bits per heavy atom. The van der Waals surface area contributed by atoms with Crippen LogP contribution in [0, 0.1) is 17.8 Å². The zero-order chi connectivity index (χ0) is 10.7. The summed E-state index contributed by atoms with van der Waals surface area (Å²) in [7, 11) is 1.88. The fourth-order valence-electron chi connectivity index (χ4n) is 1.78. The van der Waals surface area contributed by atoms with Crippen LogP contribution < -0.4 is 5.73 Å². The first kappa shape index (κ1) is 11.5. The molecule has 2 atom stereocenters. The molecule has 1 aliphatic carbocycles. The number of carbonyl (C=O) groups excluding carboxylic acids is 1. The van der Waals surface area contributed by atoms with E-state index in [4.69, 9.17) is 5.73 Å². The summed E-state index contributed by atoms with van der Waals surface area (Å²) >= 11 is 0. The highest BCUT2D eigenvalue weighted by Gasteiger charge is 2.34. The average molecular weight is 198 g/mol. The molecule has 0 heterocycles. The molecule has 0 aromatic heterocycles. The molecule has 0 aliphatic heterocycles. The van der Waals surface area contributed by atoms with Gasteiger partial charge >= 0.3 is 0 Å². The summed E-state index contributed by atoms with van der Waals surface area (Å²) < 4.78 is 0. The van der Waals surface area contributed by atoms with E-state index in [0.29, 0.717) is 18.4 Å². The summed E-state index contributed by atoms with van der Waals surface area (Å²) in [5, 5.41) is 0. The molecule has 1 rings (SSSR count). The van der Waals surface area contributed by atoms with Crippen molar-refractivity contribution in [2.75, 3.05) is 20.1 Å². The van der Waals surface area contributed by atoms with Gasteiger partial charge in [-0.3, -0.25) is 4.79 Å². The maximum Gasteiger partial charge on any atom is 0.225 e. The first-order valence-corrected chi connectivity index (χ1v) is 5.51. The first-order chi connectivity index (χ1) is 6.56. The van der Waals surface area contributed by atoms with Crippen molar-refractivity contribution in [1.29, 1.82) is 0 Å². The lowest BCUT2D eigenvalue weighted by Crippen LogP contribution is -2.37. The van der Waals surface area contributed by atoms with Gasteiger partial charge in [0.25, 0.3) is 0 Å². The zero-order valence-corrected chi connectivity index (χ0v) is 9.49. The summed E-state index contributed by atoms with van der Waals surface area (Å²) in [6.45, 7) is 5.55. The monoisotopic (exact) mass is 198 g/mol.